The molecule has 20 heteroatoms. The second kappa shape index (κ2) is 18.4. The summed E-state index contributed by atoms with van der Waals surface area (Å²) in [6.45, 7) is 14.2. The number of nitrogens with zero attached hydrogens (tertiary/aromatic N) is 9. The lowest BCUT2D eigenvalue weighted by Crippen LogP contribution is -2.47. The fraction of sp³-hybridized carbons (Fsp3) is 0.400. The van der Waals surface area contributed by atoms with Crippen LogP contribution in [0.2, 0.25) is 25.7 Å². The van der Waals surface area contributed by atoms with Crippen LogP contribution < -0.4 is 19.6 Å². The maximum atomic E-state index is 13.3. The van der Waals surface area contributed by atoms with E-state index in [2.05, 4.69) is 59.2 Å². The largest absolute Gasteiger partial charge is 0.416 e. The Morgan fingerprint density at radius 3 is 1.77 bits per heavy atom. The Kier molecular flexibility index (Phi) is 13.2. The molecular weight excluding hydrogens is 843 g/mol. The Bertz CT molecular complexity index is 2260. The lowest BCUT2D eigenvalue weighted by Gasteiger charge is -2.35. The zero-order valence-corrected chi connectivity index (χ0v) is 36.0. The van der Waals surface area contributed by atoms with E-state index in [1.54, 1.807) is 59.6 Å². The zero-order valence-electron chi connectivity index (χ0n) is 33.4. The topological polar surface area (TPSA) is 94.5 Å². The normalized spacial score (nSPS) is 15.3. The Hall–Kier alpha value is -4.92. The number of H-pyrrole nitrogens is 1. The van der Waals surface area contributed by atoms with Gasteiger partial charge in [-0.05, 0) is 30.3 Å². The summed E-state index contributed by atoms with van der Waals surface area (Å²) in [6.07, 6.45) is -1.78. The number of aromatic amines is 1. The minimum atomic E-state index is -4.40. The van der Waals surface area contributed by atoms with Crippen LogP contribution >= 0.6 is 22.7 Å². The quantitative estimate of drug-likeness (QED) is 0.0776. The smallest absolute Gasteiger partial charge is 0.361 e. The number of thiazole rings is 2. The van der Waals surface area contributed by atoms with Gasteiger partial charge in [0.05, 0.1) is 28.7 Å². The summed E-state index contributed by atoms with van der Waals surface area (Å²) in [5.74, 6) is 1.40. The van der Waals surface area contributed by atoms with E-state index in [-0.39, 0.29) is 0 Å². The molecule has 2 aromatic carbocycles. The van der Waals surface area contributed by atoms with Gasteiger partial charge in [-0.15, -0.1) is 22.7 Å². The lowest BCUT2D eigenvalue weighted by atomic mass is 10.1. The van der Waals surface area contributed by atoms with Crippen molar-refractivity contribution in [3.8, 4) is 22.5 Å². The highest BCUT2D eigenvalue weighted by Crippen LogP contribution is 2.34. The number of aromatic nitrogens is 6. The van der Waals surface area contributed by atoms with Gasteiger partial charge in [0.2, 0.25) is 11.9 Å². The van der Waals surface area contributed by atoms with Crippen LogP contribution in [0.5, 0.6) is 0 Å². The molecule has 2 fully saturated rings. The van der Waals surface area contributed by atoms with Crippen LogP contribution in [0.4, 0.5) is 48.5 Å². The molecule has 2 aliphatic rings. The first-order chi connectivity index (χ1) is 28.6. The summed E-state index contributed by atoms with van der Waals surface area (Å²) in [5, 5.41) is 5.93. The number of benzene rings is 2. The third kappa shape index (κ3) is 11.1. The highest BCUT2D eigenvalue weighted by atomic mass is 32.1. The average Bonchev–Trinajstić information content (AvgIpc) is 4.07. The molecule has 0 atom stereocenters. The summed E-state index contributed by atoms with van der Waals surface area (Å²) in [5.41, 5.74) is 0.664. The molecule has 60 heavy (non-hydrogen) atoms. The van der Waals surface area contributed by atoms with Crippen LogP contribution in [0.25, 0.3) is 22.5 Å². The Labute approximate surface area is 353 Å². The first kappa shape index (κ1) is 43.2. The van der Waals surface area contributed by atoms with Gasteiger partial charge in [-0.1, -0.05) is 43.9 Å². The highest BCUT2D eigenvalue weighted by molar-refractivity contribution is 7.13. The highest BCUT2D eigenvalue weighted by Gasteiger charge is 2.32. The molecule has 0 radical (unpaired) electrons. The predicted octanol–water partition coefficient (Wildman–Crippen LogP) is 9.54. The third-order valence-corrected chi connectivity index (χ3v) is 13.4. The Morgan fingerprint density at radius 2 is 1.23 bits per heavy atom. The van der Waals surface area contributed by atoms with Crippen LogP contribution in [-0.4, -0.2) is 96.5 Å². The second-order valence-corrected chi connectivity index (χ2v) is 23.0. The van der Waals surface area contributed by atoms with Gasteiger partial charge in [0.25, 0.3) is 0 Å². The van der Waals surface area contributed by atoms with Gasteiger partial charge in [0.1, 0.15) is 6.73 Å². The molecule has 8 rings (SSSR count). The number of hydrogen-bond donors (Lipinski definition) is 1. The van der Waals surface area contributed by atoms with Crippen molar-refractivity contribution >= 4 is 52.9 Å². The van der Waals surface area contributed by atoms with E-state index < -0.39 is 31.6 Å². The number of nitrogens with one attached hydrogen (secondary N) is 1. The minimum absolute atomic E-state index is 0.318. The van der Waals surface area contributed by atoms with E-state index >= 15 is 0 Å². The molecule has 320 valence electrons. The van der Waals surface area contributed by atoms with E-state index in [1.807, 2.05) is 15.3 Å². The first-order valence-electron chi connectivity index (χ1n) is 19.4. The van der Waals surface area contributed by atoms with E-state index in [4.69, 9.17) is 9.72 Å². The molecule has 4 aromatic heterocycles. The van der Waals surface area contributed by atoms with Crippen molar-refractivity contribution in [1.82, 2.24) is 29.5 Å². The molecule has 0 bridgehead atoms. The molecule has 0 amide bonds. The number of rotatable bonds is 11. The minimum Gasteiger partial charge on any atom is -0.361 e. The molecular formula is C40H46F6N10OS2Si. The summed E-state index contributed by atoms with van der Waals surface area (Å²) in [6, 6.07) is 11.6. The van der Waals surface area contributed by atoms with Crippen LogP contribution in [-0.2, 0) is 23.8 Å². The van der Waals surface area contributed by atoms with Crippen LogP contribution in [0.15, 0.2) is 84.1 Å². The van der Waals surface area contributed by atoms with Crippen molar-refractivity contribution in [1.29, 1.82) is 0 Å². The second-order valence-electron chi connectivity index (χ2n) is 15.6. The fourth-order valence-electron chi connectivity index (χ4n) is 6.72. The predicted molar refractivity (Wildman–Crippen MR) is 229 cm³/mol. The summed E-state index contributed by atoms with van der Waals surface area (Å²) in [4.78, 5) is 29.7. The lowest BCUT2D eigenvalue weighted by molar-refractivity contribution is -0.138. The fourth-order valence-corrected chi connectivity index (χ4v) is 8.87. The van der Waals surface area contributed by atoms with Crippen molar-refractivity contribution in [2.24, 2.45) is 0 Å². The standard InChI is InChI=1S/C23H30F3N5OSSi.C17H16F3N5S/c1-34(2,3)14-12-32-17-31-16-20(18-5-4-6-19(15-18)23(24,25)26)28-21(31)29-8-10-30(11-9-29)22-27-7-13-33-22;18-17(19,20)13-3-1-2-12(10-13)14-11-22-15(23-14)24-5-7-25(8-6-24)16-21-4-9-26-16/h4-7,13,15-16H,8-12,14,17H2,1-3H3;1-4,9-11H,5-8H2,(H,22,23). The van der Waals surface area contributed by atoms with Crippen LogP contribution in [0.3, 0.4) is 0 Å². The van der Waals surface area contributed by atoms with Gasteiger partial charge in [0, 0.05) is 108 Å². The summed E-state index contributed by atoms with van der Waals surface area (Å²) >= 11 is 3.23. The first-order valence-corrected chi connectivity index (χ1v) is 24.9. The molecule has 2 aliphatic heterocycles. The monoisotopic (exact) mass is 888 g/mol. The number of hydrogen-bond acceptors (Lipinski definition) is 11. The van der Waals surface area contributed by atoms with Crippen molar-refractivity contribution in [2.45, 2.75) is 44.8 Å². The molecule has 6 heterocycles. The summed E-state index contributed by atoms with van der Waals surface area (Å²) in [7, 11) is -1.22. The van der Waals surface area contributed by atoms with E-state index in [0.717, 1.165) is 98.9 Å². The molecule has 2 saturated heterocycles. The maximum Gasteiger partial charge on any atom is 0.416 e. The van der Waals surface area contributed by atoms with Crippen molar-refractivity contribution in [2.75, 3.05) is 78.6 Å². The number of ether oxygens (including phenoxy) is 1. The van der Waals surface area contributed by atoms with Crippen LogP contribution in [0, 0.1) is 0 Å². The molecule has 11 nitrogen and oxygen atoms in total. The van der Waals surface area contributed by atoms with E-state index in [0.29, 0.717) is 41.8 Å². The van der Waals surface area contributed by atoms with E-state index in [9.17, 15) is 26.3 Å². The number of imidazole rings is 2. The Balaban J connectivity index is 0.000000188. The number of alkyl halides is 6. The molecule has 0 saturated carbocycles. The van der Waals surface area contributed by atoms with Gasteiger partial charge >= 0.3 is 12.4 Å². The average molecular weight is 889 g/mol. The molecule has 1 N–H and O–H groups in total. The van der Waals surface area contributed by atoms with Crippen molar-refractivity contribution in [3.05, 3.63) is 95.2 Å². The van der Waals surface area contributed by atoms with Crippen molar-refractivity contribution in [3.63, 3.8) is 0 Å². The van der Waals surface area contributed by atoms with Crippen molar-refractivity contribution < 1.29 is 31.1 Å². The van der Waals surface area contributed by atoms with Gasteiger partial charge in [-0.3, -0.25) is 4.57 Å². The summed E-state index contributed by atoms with van der Waals surface area (Å²) < 4.78 is 86.3. The number of anilines is 4. The third-order valence-electron chi connectivity index (χ3n) is 10.1. The molecule has 0 spiro atoms. The van der Waals surface area contributed by atoms with Crippen LogP contribution in [0.1, 0.15) is 11.1 Å². The molecule has 0 aliphatic carbocycles. The van der Waals surface area contributed by atoms with Gasteiger partial charge < -0.3 is 29.3 Å². The van der Waals surface area contributed by atoms with Gasteiger partial charge in [-0.25, -0.2) is 19.9 Å². The Morgan fingerprint density at radius 1 is 0.700 bits per heavy atom. The molecule has 0 unspecified atom stereocenters. The van der Waals surface area contributed by atoms with E-state index in [1.165, 1.54) is 12.1 Å². The SMILES string of the molecule is C[Si](C)(C)CCOCn1cc(-c2cccc(C(F)(F)F)c2)nc1N1CCN(c2nccs2)CC1.FC(F)(F)c1cccc(-c2cnc(N3CCN(c4nccs4)CC3)[nH]2)c1. The molecule has 6 aromatic rings. The zero-order chi connectivity index (χ0) is 42.5. The number of halogens is 6. The van der Waals surface area contributed by atoms with Gasteiger partial charge in [0.15, 0.2) is 10.3 Å². The number of piperazine rings is 2. The van der Waals surface area contributed by atoms with Gasteiger partial charge in [-0.2, -0.15) is 26.3 Å². The maximum absolute atomic E-state index is 13.3.